The van der Waals surface area contributed by atoms with Gasteiger partial charge in [0.1, 0.15) is 0 Å². The van der Waals surface area contributed by atoms with E-state index >= 15 is 0 Å². The van der Waals surface area contributed by atoms with Crippen LogP contribution >= 0.6 is 0 Å². The molecule has 0 amide bonds. The first-order valence-electron chi connectivity index (χ1n) is 10.6. The summed E-state index contributed by atoms with van der Waals surface area (Å²) in [5.74, 6) is 0. The molecule has 0 radical (unpaired) electrons. The summed E-state index contributed by atoms with van der Waals surface area (Å²) in [5, 5.41) is 13.4. The van der Waals surface area contributed by atoms with E-state index in [0.717, 1.165) is 21.3 Å². The predicted molar refractivity (Wildman–Crippen MR) is 124 cm³/mol. The number of nitrogens with zero attached hydrogens (tertiary/aromatic N) is 5. The monoisotopic (exact) mass is 479 g/mol. The van der Waals surface area contributed by atoms with Crippen molar-refractivity contribution in [2.24, 2.45) is 0 Å². The van der Waals surface area contributed by atoms with Crippen molar-refractivity contribution in [3.63, 3.8) is 0 Å². The van der Waals surface area contributed by atoms with Crippen LogP contribution in [0.25, 0.3) is 22.6 Å². The third kappa shape index (κ3) is 4.17. The minimum absolute atomic E-state index is 0.0117. The molecular formula is C25H20F3N5O2. The molecule has 0 fully saturated rings. The van der Waals surface area contributed by atoms with Crippen molar-refractivity contribution in [1.29, 1.82) is 5.26 Å². The minimum Gasteiger partial charge on any atom is -0.268 e. The van der Waals surface area contributed by atoms with E-state index in [1.165, 1.54) is 29.9 Å². The van der Waals surface area contributed by atoms with Crippen molar-refractivity contribution in [2.45, 2.75) is 33.0 Å². The Morgan fingerprint density at radius 3 is 2.29 bits per heavy atom. The molecule has 0 N–H and O–H groups in total. The number of nitriles is 1. The Hall–Kier alpha value is -4.39. The van der Waals surface area contributed by atoms with Crippen molar-refractivity contribution in [3.8, 4) is 28.7 Å². The van der Waals surface area contributed by atoms with Crippen LogP contribution in [-0.2, 0) is 6.18 Å². The summed E-state index contributed by atoms with van der Waals surface area (Å²) in [7, 11) is 0. The molecule has 0 atom stereocenters. The number of hydrogen-bond donors (Lipinski definition) is 0. The maximum Gasteiger partial charge on any atom is 0.416 e. The van der Waals surface area contributed by atoms with E-state index in [2.05, 4.69) is 5.10 Å². The Labute approximate surface area is 197 Å². The summed E-state index contributed by atoms with van der Waals surface area (Å²) in [5.41, 5.74) is -0.586. The smallest absolute Gasteiger partial charge is 0.268 e. The first kappa shape index (κ1) is 23.8. The van der Waals surface area contributed by atoms with E-state index in [1.54, 1.807) is 44.2 Å². The quantitative estimate of drug-likeness (QED) is 0.427. The summed E-state index contributed by atoms with van der Waals surface area (Å²) in [4.78, 5) is 26.9. The highest BCUT2D eigenvalue weighted by atomic mass is 19.4. The molecule has 2 heterocycles. The van der Waals surface area contributed by atoms with Gasteiger partial charge in [0, 0.05) is 11.7 Å². The third-order valence-electron chi connectivity index (χ3n) is 5.62. The summed E-state index contributed by atoms with van der Waals surface area (Å²) < 4.78 is 43.7. The van der Waals surface area contributed by atoms with Gasteiger partial charge in [-0.1, -0.05) is 6.07 Å². The molecule has 35 heavy (non-hydrogen) atoms. The van der Waals surface area contributed by atoms with Crippen LogP contribution in [0.1, 0.15) is 36.7 Å². The van der Waals surface area contributed by atoms with Crippen LogP contribution in [0.3, 0.4) is 0 Å². The predicted octanol–water partition coefficient (Wildman–Crippen LogP) is 4.63. The molecule has 4 aromatic rings. The fraction of sp³-hybridized carbons (Fsp3) is 0.200. The number of benzene rings is 2. The molecule has 0 aliphatic rings. The average molecular weight is 479 g/mol. The van der Waals surface area contributed by atoms with Crippen molar-refractivity contribution in [3.05, 3.63) is 98.5 Å². The van der Waals surface area contributed by atoms with Crippen molar-refractivity contribution < 1.29 is 13.2 Å². The zero-order valence-corrected chi connectivity index (χ0v) is 19.0. The van der Waals surface area contributed by atoms with Crippen LogP contribution in [0.15, 0.2) is 70.4 Å². The van der Waals surface area contributed by atoms with Gasteiger partial charge in [0.15, 0.2) is 0 Å². The third-order valence-corrected chi connectivity index (χ3v) is 5.62. The van der Waals surface area contributed by atoms with Gasteiger partial charge in [0.05, 0.1) is 46.0 Å². The van der Waals surface area contributed by atoms with Gasteiger partial charge in [-0.15, -0.1) is 0 Å². The second kappa shape index (κ2) is 8.76. The van der Waals surface area contributed by atoms with Crippen LogP contribution in [0.5, 0.6) is 0 Å². The molecule has 2 aromatic carbocycles. The summed E-state index contributed by atoms with van der Waals surface area (Å²) in [6.07, 6.45) is -3.12. The number of aromatic nitrogens is 4. The molecule has 4 rings (SSSR count). The summed E-state index contributed by atoms with van der Waals surface area (Å²) in [6, 6.07) is 14.0. The summed E-state index contributed by atoms with van der Waals surface area (Å²) >= 11 is 0. The van der Waals surface area contributed by atoms with E-state index in [0.29, 0.717) is 16.9 Å². The Bertz CT molecular complexity index is 1570. The van der Waals surface area contributed by atoms with Crippen LogP contribution in [-0.4, -0.2) is 18.9 Å². The van der Waals surface area contributed by atoms with Gasteiger partial charge in [-0.2, -0.15) is 23.5 Å². The highest BCUT2D eigenvalue weighted by Gasteiger charge is 2.31. The molecule has 10 heteroatoms. The fourth-order valence-electron chi connectivity index (χ4n) is 3.98. The van der Waals surface area contributed by atoms with Crippen molar-refractivity contribution in [2.75, 3.05) is 0 Å². The molecule has 0 unspecified atom stereocenters. The molecule has 2 aromatic heterocycles. The zero-order valence-electron chi connectivity index (χ0n) is 19.0. The largest absolute Gasteiger partial charge is 0.416 e. The Morgan fingerprint density at radius 1 is 1.00 bits per heavy atom. The molecule has 0 spiro atoms. The molecule has 7 nitrogen and oxygen atoms in total. The average Bonchev–Trinajstić information content (AvgIpc) is 3.28. The van der Waals surface area contributed by atoms with Gasteiger partial charge in [-0.3, -0.25) is 13.9 Å². The normalized spacial score (nSPS) is 11.6. The van der Waals surface area contributed by atoms with Crippen LogP contribution in [0, 0.1) is 18.3 Å². The molecule has 0 bridgehead atoms. The Balaban J connectivity index is 2.04. The number of hydrogen-bond acceptors (Lipinski definition) is 4. The van der Waals surface area contributed by atoms with Crippen LogP contribution < -0.4 is 11.2 Å². The molecular weight excluding hydrogens is 459 g/mol. The number of rotatable bonds is 4. The molecule has 0 saturated heterocycles. The van der Waals surface area contributed by atoms with Gasteiger partial charge < -0.3 is 0 Å². The highest BCUT2D eigenvalue weighted by Crippen LogP contribution is 2.31. The SMILES string of the molecule is Cc1c(-c2ccnn2-c2ccc(C#N)cc2)c(=O)n(C(C)C)c(=O)n1-c1cccc(C(F)(F)F)c1. The second-order valence-electron chi connectivity index (χ2n) is 8.18. The maximum absolute atomic E-state index is 13.5. The second-order valence-corrected chi connectivity index (χ2v) is 8.18. The van der Waals surface area contributed by atoms with Gasteiger partial charge in [0.25, 0.3) is 5.56 Å². The Kier molecular flexibility index (Phi) is 5.94. The lowest BCUT2D eigenvalue weighted by Crippen LogP contribution is -2.42. The van der Waals surface area contributed by atoms with E-state index in [9.17, 15) is 22.8 Å². The lowest BCUT2D eigenvalue weighted by atomic mass is 10.1. The molecule has 178 valence electrons. The minimum atomic E-state index is -4.60. The van der Waals surface area contributed by atoms with E-state index in [-0.39, 0.29) is 16.9 Å². The number of alkyl halides is 3. The maximum atomic E-state index is 13.5. The molecule has 0 saturated carbocycles. The number of halogens is 3. The van der Waals surface area contributed by atoms with E-state index < -0.39 is 29.0 Å². The van der Waals surface area contributed by atoms with Crippen LogP contribution in [0.4, 0.5) is 13.2 Å². The fourth-order valence-corrected chi connectivity index (χ4v) is 3.98. The first-order chi connectivity index (χ1) is 16.5. The first-order valence-corrected chi connectivity index (χ1v) is 10.6. The van der Waals surface area contributed by atoms with Gasteiger partial charge >= 0.3 is 11.9 Å². The van der Waals surface area contributed by atoms with E-state index in [1.807, 2.05) is 6.07 Å². The van der Waals surface area contributed by atoms with Crippen molar-refractivity contribution >= 4 is 0 Å². The lowest BCUT2D eigenvalue weighted by Gasteiger charge is -2.20. The van der Waals surface area contributed by atoms with Crippen molar-refractivity contribution in [1.82, 2.24) is 18.9 Å². The topological polar surface area (TPSA) is 85.6 Å². The Morgan fingerprint density at radius 2 is 1.69 bits per heavy atom. The lowest BCUT2D eigenvalue weighted by molar-refractivity contribution is -0.137. The standard InChI is InChI=1S/C25H20F3N5O2/c1-15(2)31-23(34)22(21-11-12-30-33(21)19-9-7-17(14-29)8-10-19)16(3)32(24(31)35)20-6-4-5-18(13-20)25(26,27)28/h4-13,15H,1-3H3. The zero-order chi connectivity index (χ0) is 25.5. The molecule has 0 aliphatic heterocycles. The van der Waals surface area contributed by atoms with Gasteiger partial charge in [-0.25, -0.2) is 9.48 Å². The molecule has 0 aliphatic carbocycles. The van der Waals surface area contributed by atoms with Gasteiger partial charge in [-0.05, 0) is 69.3 Å². The summed E-state index contributed by atoms with van der Waals surface area (Å²) in [6.45, 7) is 4.81. The van der Waals surface area contributed by atoms with Gasteiger partial charge in [0.2, 0.25) is 0 Å². The van der Waals surface area contributed by atoms with Crippen LogP contribution in [0.2, 0.25) is 0 Å². The highest BCUT2D eigenvalue weighted by molar-refractivity contribution is 5.64. The van der Waals surface area contributed by atoms with E-state index in [4.69, 9.17) is 5.26 Å².